The second kappa shape index (κ2) is 4.12. The number of benzene rings is 1. The maximum absolute atomic E-state index is 9.09. The van der Waals surface area contributed by atoms with Gasteiger partial charge in [-0.2, -0.15) is 0 Å². The van der Waals surface area contributed by atoms with Crippen LogP contribution in [-0.2, 0) is 0 Å². The molecule has 5 heteroatoms. The maximum atomic E-state index is 9.09. The first-order chi connectivity index (χ1) is 7.61. The van der Waals surface area contributed by atoms with Crippen molar-refractivity contribution in [1.82, 2.24) is 4.98 Å². The van der Waals surface area contributed by atoms with Crippen molar-refractivity contribution in [3.8, 4) is 5.88 Å². The van der Waals surface area contributed by atoms with Gasteiger partial charge in [-0.15, -0.1) is 0 Å². The Morgan fingerprint density at radius 2 is 2.00 bits per heavy atom. The number of hydrogen-bond acceptors (Lipinski definition) is 4. The highest BCUT2D eigenvalue weighted by molar-refractivity contribution is 6.58. The average Bonchev–Trinajstić information content (AvgIpc) is 2.28. The Hall–Kier alpha value is -1.59. The number of aryl methyl sites for hydroxylation is 1. The van der Waals surface area contributed by atoms with Gasteiger partial charge in [-0.25, -0.2) is 4.98 Å². The van der Waals surface area contributed by atoms with Crippen LogP contribution >= 0.6 is 0 Å². The molecule has 16 heavy (non-hydrogen) atoms. The van der Waals surface area contributed by atoms with Crippen LogP contribution in [0.1, 0.15) is 5.56 Å². The lowest BCUT2D eigenvalue weighted by atomic mass is 9.79. The SMILES string of the molecule is COc1cc(C)c2cc(B(O)O)ccc2n1. The molecule has 0 amide bonds. The highest BCUT2D eigenvalue weighted by Gasteiger charge is 2.12. The zero-order valence-corrected chi connectivity index (χ0v) is 9.14. The lowest BCUT2D eigenvalue weighted by molar-refractivity contribution is 0.399. The topological polar surface area (TPSA) is 62.6 Å². The van der Waals surface area contributed by atoms with E-state index in [1.807, 2.05) is 13.0 Å². The van der Waals surface area contributed by atoms with Crippen LogP contribution in [0.5, 0.6) is 5.88 Å². The Kier molecular flexibility index (Phi) is 2.81. The minimum Gasteiger partial charge on any atom is -0.481 e. The number of rotatable bonds is 2. The predicted octanol–water partition coefficient (Wildman–Crippen LogP) is 0.232. The first-order valence-corrected chi connectivity index (χ1v) is 4.93. The molecule has 0 spiro atoms. The van der Waals surface area contributed by atoms with Gasteiger partial charge in [-0.3, -0.25) is 0 Å². The van der Waals surface area contributed by atoms with Gasteiger partial charge in [0.05, 0.1) is 12.6 Å². The van der Waals surface area contributed by atoms with E-state index >= 15 is 0 Å². The number of methoxy groups -OCH3 is 1. The molecule has 0 fully saturated rings. The van der Waals surface area contributed by atoms with E-state index in [1.165, 1.54) is 0 Å². The normalized spacial score (nSPS) is 10.5. The fraction of sp³-hybridized carbons (Fsp3) is 0.182. The molecule has 0 bridgehead atoms. The second-order valence-electron chi connectivity index (χ2n) is 3.63. The van der Waals surface area contributed by atoms with E-state index in [0.717, 1.165) is 16.5 Å². The number of hydrogen-bond donors (Lipinski definition) is 2. The van der Waals surface area contributed by atoms with E-state index in [4.69, 9.17) is 14.8 Å². The zero-order valence-electron chi connectivity index (χ0n) is 9.14. The summed E-state index contributed by atoms with van der Waals surface area (Å²) in [4.78, 5) is 4.27. The molecular formula is C11H12BNO3. The zero-order chi connectivity index (χ0) is 11.7. The Morgan fingerprint density at radius 3 is 2.62 bits per heavy atom. The number of pyridine rings is 1. The summed E-state index contributed by atoms with van der Waals surface area (Å²) >= 11 is 0. The number of ether oxygens (including phenoxy) is 1. The first kappa shape index (κ1) is 10.9. The second-order valence-corrected chi connectivity index (χ2v) is 3.63. The summed E-state index contributed by atoms with van der Waals surface area (Å²) in [6.45, 7) is 1.93. The summed E-state index contributed by atoms with van der Waals surface area (Å²) < 4.78 is 5.07. The van der Waals surface area contributed by atoms with Crippen LogP contribution < -0.4 is 10.2 Å². The van der Waals surface area contributed by atoms with Gasteiger partial charge in [0, 0.05) is 11.5 Å². The molecule has 1 heterocycles. The van der Waals surface area contributed by atoms with Crippen molar-refractivity contribution in [1.29, 1.82) is 0 Å². The van der Waals surface area contributed by atoms with Crippen LogP contribution in [0.2, 0.25) is 0 Å². The highest BCUT2D eigenvalue weighted by atomic mass is 16.5. The molecule has 0 aliphatic heterocycles. The van der Waals surface area contributed by atoms with Crippen molar-refractivity contribution in [3.63, 3.8) is 0 Å². The Morgan fingerprint density at radius 1 is 1.25 bits per heavy atom. The average molecular weight is 217 g/mol. The highest BCUT2D eigenvalue weighted by Crippen LogP contribution is 2.20. The molecule has 0 saturated heterocycles. The number of aromatic nitrogens is 1. The summed E-state index contributed by atoms with van der Waals surface area (Å²) in [6, 6.07) is 6.93. The molecule has 0 atom stereocenters. The van der Waals surface area contributed by atoms with Gasteiger partial charge in [-0.1, -0.05) is 12.1 Å². The van der Waals surface area contributed by atoms with Crippen LogP contribution in [-0.4, -0.2) is 29.3 Å². The largest absolute Gasteiger partial charge is 0.488 e. The number of fused-ring (bicyclic) bond motifs is 1. The third-order valence-electron chi connectivity index (χ3n) is 2.52. The third-order valence-corrected chi connectivity index (χ3v) is 2.52. The summed E-state index contributed by atoms with van der Waals surface area (Å²) in [5, 5.41) is 19.1. The quantitative estimate of drug-likeness (QED) is 0.707. The number of nitrogens with zero attached hydrogens (tertiary/aromatic N) is 1. The van der Waals surface area contributed by atoms with E-state index in [0.29, 0.717) is 11.3 Å². The molecule has 2 N–H and O–H groups in total. The minimum atomic E-state index is -1.45. The lowest BCUT2D eigenvalue weighted by Crippen LogP contribution is -2.29. The molecule has 0 aliphatic rings. The van der Waals surface area contributed by atoms with Crippen molar-refractivity contribution in [3.05, 3.63) is 29.8 Å². The lowest BCUT2D eigenvalue weighted by Gasteiger charge is -2.07. The fourth-order valence-electron chi connectivity index (χ4n) is 1.65. The molecule has 4 nitrogen and oxygen atoms in total. The fourth-order valence-corrected chi connectivity index (χ4v) is 1.65. The van der Waals surface area contributed by atoms with Gasteiger partial charge in [-0.05, 0) is 24.0 Å². The van der Waals surface area contributed by atoms with E-state index < -0.39 is 7.12 Å². The maximum Gasteiger partial charge on any atom is 0.488 e. The summed E-state index contributed by atoms with van der Waals surface area (Å²) in [5.41, 5.74) is 2.23. The van der Waals surface area contributed by atoms with Crippen LogP contribution in [0.15, 0.2) is 24.3 Å². The van der Waals surface area contributed by atoms with Crippen LogP contribution in [0, 0.1) is 6.92 Å². The van der Waals surface area contributed by atoms with Gasteiger partial charge in [0.15, 0.2) is 0 Å². The van der Waals surface area contributed by atoms with Crippen molar-refractivity contribution in [2.75, 3.05) is 7.11 Å². The molecule has 1 aromatic carbocycles. The van der Waals surface area contributed by atoms with Gasteiger partial charge in [0.2, 0.25) is 5.88 Å². The molecule has 0 unspecified atom stereocenters. The molecule has 2 aromatic rings. The van der Waals surface area contributed by atoms with Gasteiger partial charge in [0.25, 0.3) is 0 Å². The van der Waals surface area contributed by atoms with Crippen LogP contribution in [0.3, 0.4) is 0 Å². The van der Waals surface area contributed by atoms with Crippen molar-refractivity contribution >= 4 is 23.5 Å². The molecule has 2 rings (SSSR count). The van der Waals surface area contributed by atoms with Crippen molar-refractivity contribution in [2.45, 2.75) is 6.92 Å². The van der Waals surface area contributed by atoms with E-state index in [2.05, 4.69) is 4.98 Å². The van der Waals surface area contributed by atoms with E-state index in [-0.39, 0.29) is 0 Å². The summed E-state index contributed by atoms with van der Waals surface area (Å²) in [7, 11) is 0.116. The predicted molar refractivity (Wildman–Crippen MR) is 62.9 cm³/mol. The first-order valence-electron chi connectivity index (χ1n) is 4.93. The summed E-state index contributed by atoms with van der Waals surface area (Å²) in [6.07, 6.45) is 0. The third kappa shape index (κ3) is 1.87. The monoisotopic (exact) mass is 217 g/mol. The molecule has 0 saturated carbocycles. The molecule has 1 aromatic heterocycles. The molecular weight excluding hydrogens is 205 g/mol. The molecule has 0 radical (unpaired) electrons. The van der Waals surface area contributed by atoms with Crippen molar-refractivity contribution < 1.29 is 14.8 Å². The summed E-state index contributed by atoms with van der Waals surface area (Å²) in [5.74, 6) is 0.558. The molecule has 0 aliphatic carbocycles. The smallest absolute Gasteiger partial charge is 0.481 e. The molecule has 82 valence electrons. The van der Waals surface area contributed by atoms with E-state index in [1.54, 1.807) is 25.3 Å². The van der Waals surface area contributed by atoms with Crippen LogP contribution in [0.4, 0.5) is 0 Å². The Labute approximate surface area is 93.7 Å². The Bertz CT molecular complexity index is 528. The van der Waals surface area contributed by atoms with Gasteiger partial charge >= 0.3 is 7.12 Å². The van der Waals surface area contributed by atoms with Crippen LogP contribution in [0.25, 0.3) is 10.9 Å². The van der Waals surface area contributed by atoms with E-state index in [9.17, 15) is 0 Å². The van der Waals surface area contributed by atoms with Crippen molar-refractivity contribution in [2.24, 2.45) is 0 Å². The van der Waals surface area contributed by atoms with Gasteiger partial charge in [0.1, 0.15) is 0 Å². The Balaban J connectivity index is 2.65. The van der Waals surface area contributed by atoms with Gasteiger partial charge < -0.3 is 14.8 Å². The standard InChI is InChI=1S/C11H12BNO3/c1-7-5-11(16-2)13-10-4-3-8(12(14)15)6-9(7)10/h3-6,14-15H,1-2H3. The minimum absolute atomic E-state index is 0.461.